The summed E-state index contributed by atoms with van der Waals surface area (Å²) in [7, 11) is 1.69. The van der Waals surface area contributed by atoms with Crippen LogP contribution in [0.5, 0.6) is 5.75 Å². The summed E-state index contributed by atoms with van der Waals surface area (Å²) in [5.74, 6) is 3.05. The maximum Gasteiger partial charge on any atom is 0.274 e. The van der Waals surface area contributed by atoms with Gasteiger partial charge in [-0.1, -0.05) is 18.2 Å². The van der Waals surface area contributed by atoms with Crippen molar-refractivity contribution in [3.63, 3.8) is 0 Å². The molecule has 1 fully saturated rings. The molecule has 146 valence electrons. The molecule has 0 radical (unpaired) electrons. The Morgan fingerprint density at radius 3 is 2.48 bits per heavy atom. The average molecular weight is 405 g/mol. The van der Waals surface area contributed by atoms with Crippen molar-refractivity contribution in [2.75, 3.05) is 43.1 Å². The molecule has 0 unspecified atom stereocenters. The summed E-state index contributed by atoms with van der Waals surface area (Å²) in [6, 6.07) is 14.4. The first-order valence-electron chi connectivity index (χ1n) is 9.67. The Kier molecular flexibility index (Phi) is 4.73. The molecule has 0 spiro atoms. The van der Waals surface area contributed by atoms with E-state index in [2.05, 4.69) is 49.4 Å². The lowest BCUT2D eigenvalue weighted by Crippen LogP contribution is -2.48. The highest BCUT2D eigenvalue weighted by molar-refractivity contribution is 7.17. The van der Waals surface area contributed by atoms with Gasteiger partial charge in [-0.3, -0.25) is 4.90 Å². The number of pyridine rings is 1. The van der Waals surface area contributed by atoms with Crippen LogP contribution in [0, 0.1) is 0 Å². The maximum absolute atomic E-state index is 5.30. The van der Waals surface area contributed by atoms with Crippen molar-refractivity contribution in [1.82, 2.24) is 9.97 Å². The molecule has 1 aromatic carbocycles. The summed E-state index contributed by atoms with van der Waals surface area (Å²) in [6.45, 7) is 3.75. The standard InChI is InChI=1S/C22H21N5OS/c1-28-17-7-5-16(6-8-17)18-14-29-22-20(18)21(24-15-25-22)27-12-10-26(11-13-27)19-4-2-3-9-23-19/h2-9,14-15H,10-13H2,1H3/p+1. The van der Waals surface area contributed by atoms with E-state index in [1.165, 1.54) is 5.56 Å². The molecule has 4 heterocycles. The number of benzene rings is 1. The number of hydrogen-bond acceptors (Lipinski definition) is 6. The summed E-state index contributed by atoms with van der Waals surface area (Å²) in [5.41, 5.74) is 2.34. The number of ether oxygens (including phenoxy) is 1. The van der Waals surface area contributed by atoms with Crippen molar-refractivity contribution in [2.24, 2.45) is 0 Å². The van der Waals surface area contributed by atoms with Gasteiger partial charge >= 0.3 is 0 Å². The summed E-state index contributed by atoms with van der Waals surface area (Å²) < 4.78 is 5.30. The molecule has 0 bridgehead atoms. The summed E-state index contributed by atoms with van der Waals surface area (Å²) >= 11 is 1.67. The minimum Gasteiger partial charge on any atom is -0.497 e. The van der Waals surface area contributed by atoms with E-state index in [-0.39, 0.29) is 0 Å². The molecule has 0 atom stereocenters. The molecule has 6 nitrogen and oxygen atoms in total. The van der Waals surface area contributed by atoms with Crippen molar-refractivity contribution in [3.05, 3.63) is 60.4 Å². The van der Waals surface area contributed by atoms with Crippen LogP contribution in [0.15, 0.2) is 60.4 Å². The lowest BCUT2D eigenvalue weighted by atomic mass is 10.1. The van der Waals surface area contributed by atoms with E-state index in [0.717, 1.165) is 59.3 Å². The van der Waals surface area contributed by atoms with E-state index in [9.17, 15) is 0 Å². The second-order valence-corrected chi connectivity index (χ2v) is 7.84. The van der Waals surface area contributed by atoms with Gasteiger partial charge in [-0.15, -0.1) is 11.3 Å². The van der Waals surface area contributed by atoms with Crippen LogP contribution in [0.4, 0.5) is 11.6 Å². The third-order valence-corrected chi connectivity index (χ3v) is 6.25. The number of hydrogen-bond donors (Lipinski definition) is 0. The van der Waals surface area contributed by atoms with E-state index >= 15 is 0 Å². The van der Waals surface area contributed by atoms with Crippen molar-refractivity contribution in [3.8, 4) is 16.9 Å². The van der Waals surface area contributed by atoms with Crippen LogP contribution >= 0.6 is 11.3 Å². The Balaban J connectivity index is 1.45. The molecule has 0 aliphatic carbocycles. The third kappa shape index (κ3) is 3.38. The Labute approximate surface area is 173 Å². The topological polar surface area (TPSA) is 55.6 Å². The van der Waals surface area contributed by atoms with Crippen LogP contribution in [-0.4, -0.2) is 43.3 Å². The summed E-state index contributed by atoms with van der Waals surface area (Å²) in [4.78, 5) is 18.3. The van der Waals surface area contributed by atoms with Crippen molar-refractivity contribution in [1.29, 1.82) is 0 Å². The van der Waals surface area contributed by atoms with Gasteiger partial charge in [0, 0.05) is 17.0 Å². The highest BCUT2D eigenvalue weighted by Gasteiger charge is 2.26. The Morgan fingerprint density at radius 1 is 0.966 bits per heavy atom. The molecule has 5 rings (SSSR count). The van der Waals surface area contributed by atoms with Gasteiger partial charge in [0.05, 0.1) is 31.8 Å². The van der Waals surface area contributed by atoms with Crippen LogP contribution in [0.1, 0.15) is 0 Å². The lowest BCUT2D eigenvalue weighted by molar-refractivity contribution is -0.364. The van der Waals surface area contributed by atoms with E-state index in [1.54, 1.807) is 24.8 Å². The van der Waals surface area contributed by atoms with E-state index < -0.39 is 0 Å². The molecule has 0 amide bonds. The van der Waals surface area contributed by atoms with E-state index in [0.29, 0.717) is 0 Å². The molecular weight excluding hydrogens is 382 g/mol. The van der Waals surface area contributed by atoms with Gasteiger partial charge in [0.1, 0.15) is 35.8 Å². The number of fused-ring (bicyclic) bond motifs is 1. The number of rotatable bonds is 4. The maximum atomic E-state index is 5.30. The van der Waals surface area contributed by atoms with Gasteiger partial charge < -0.3 is 9.64 Å². The van der Waals surface area contributed by atoms with Crippen molar-refractivity contribution in [2.45, 2.75) is 0 Å². The van der Waals surface area contributed by atoms with Gasteiger partial charge in [0.25, 0.3) is 5.82 Å². The average Bonchev–Trinajstić information content (AvgIpc) is 3.24. The number of nitrogens with zero attached hydrogens (tertiary/aromatic N) is 4. The molecule has 0 saturated carbocycles. The minimum atomic E-state index is 0.860. The van der Waals surface area contributed by atoms with Crippen molar-refractivity contribution >= 4 is 33.2 Å². The highest BCUT2D eigenvalue weighted by Crippen LogP contribution is 2.38. The molecular formula is C22H22N5OS+. The second-order valence-electron chi connectivity index (χ2n) is 6.98. The molecule has 1 N–H and O–H groups in total. The van der Waals surface area contributed by atoms with Gasteiger partial charge in [-0.2, -0.15) is 0 Å². The third-order valence-electron chi connectivity index (χ3n) is 5.36. The quantitative estimate of drug-likeness (QED) is 0.521. The molecule has 1 aliphatic rings. The number of methoxy groups -OCH3 is 1. The monoisotopic (exact) mass is 404 g/mol. The number of thiophene rings is 1. The van der Waals surface area contributed by atoms with Crippen LogP contribution in [0.25, 0.3) is 21.3 Å². The second kappa shape index (κ2) is 7.67. The lowest BCUT2D eigenvalue weighted by Gasteiger charge is -2.32. The predicted octanol–water partition coefficient (Wildman–Crippen LogP) is 3.51. The Morgan fingerprint density at radius 2 is 1.76 bits per heavy atom. The number of anilines is 2. The van der Waals surface area contributed by atoms with Crippen LogP contribution in [0.2, 0.25) is 0 Å². The summed E-state index contributed by atoms with van der Waals surface area (Å²) in [6.07, 6.45) is 3.66. The van der Waals surface area contributed by atoms with E-state index in [4.69, 9.17) is 9.72 Å². The SMILES string of the molecule is COc1ccc(-c2csc3ncnc(N4CCN(c5cccc[nH+]5)CC4)c23)cc1. The molecule has 7 heteroatoms. The van der Waals surface area contributed by atoms with Crippen LogP contribution < -0.4 is 19.5 Å². The minimum absolute atomic E-state index is 0.860. The fourth-order valence-electron chi connectivity index (χ4n) is 3.82. The molecule has 4 aromatic rings. The van der Waals surface area contributed by atoms with Crippen LogP contribution in [0.3, 0.4) is 0 Å². The fourth-order valence-corrected chi connectivity index (χ4v) is 4.73. The first-order chi connectivity index (χ1) is 14.3. The number of H-pyrrole nitrogens is 1. The predicted molar refractivity (Wildman–Crippen MR) is 117 cm³/mol. The van der Waals surface area contributed by atoms with Gasteiger partial charge in [-0.25, -0.2) is 15.0 Å². The smallest absolute Gasteiger partial charge is 0.274 e. The number of aromatic nitrogens is 3. The first kappa shape index (κ1) is 17.9. The van der Waals surface area contributed by atoms with E-state index in [1.807, 2.05) is 24.4 Å². The molecule has 1 saturated heterocycles. The fraction of sp³-hybridized carbons (Fsp3) is 0.227. The molecule has 1 aliphatic heterocycles. The highest BCUT2D eigenvalue weighted by atomic mass is 32.1. The number of nitrogens with one attached hydrogen (secondary N) is 1. The normalized spacial score (nSPS) is 14.4. The number of aromatic amines is 1. The Bertz CT molecular complexity index is 1110. The molecule has 3 aromatic heterocycles. The van der Waals surface area contributed by atoms with Gasteiger partial charge in [0.15, 0.2) is 0 Å². The first-order valence-corrected chi connectivity index (χ1v) is 10.5. The zero-order valence-electron chi connectivity index (χ0n) is 16.2. The van der Waals surface area contributed by atoms with Crippen molar-refractivity contribution < 1.29 is 9.72 Å². The zero-order valence-corrected chi connectivity index (χ0v) is 17.0. The van der Waals surface area contributed by atoms with Gasteiger partial charge in [-0.05, 0) is 23.8 Å². The molecule has 29 heavy (non-hydrogen) atoms. The van der Waals surface area contributed by atoms with Gasteiger partial charge in [0.2, 0.25) is 0 Å². The Hall–Kier alpha value is -3.19. The number of piperazine rings is 1. The zero-order chi connectivity index (χ0) is 19.6. The largest absolute Gasteiger partial charge is 0.497 e. The summed E-state index contributed by atoms with van der Waals surface area (Å²) in [5, 5.41) is 3.32. The van der Waals surface area contributed by atoms with Crippen LogP contribution in [-0.2, 0) is 0 Å².